The van der Waals surface area contributed by atoms with Crippen LogP contribution < -0.4 is 10.6 Å². The van der Waals surface area contributed by atoms with Gasteiger partial charge in [0.05, 0.1) is 18.2 Å². The van der Waals surface area contributed by atoms with Crippen LogP contribution in [0.5, 0.6) is 0 Å². The average molecular weight is 370 g/mol. The zero-order valence-corrected chi connectivity index (χ0v) is 16.0. The van der Waals surface area contributed by atoms with Crippen LogP contribution in [0.25, 0.3) is 0 Å². The molecule has 7 heteroatoms. The summed E-state index contributed by atoms with van der Waals surface area (Å²) in [6, 6.07) is 7.60. The van der Waals surface area contributed by atoms with E-state index in [1.54, 1.807) is 0 Å². The first kappa shape index (κ1) is 19.1. The van der Waals surface area contributed by atoms with E-state index in [-0.39, 0.29) is 18.2 Å². The topological polar surface area (TPSA) is 87.5 Å². The Morgan fingerprint density at radius 2 is 2.15 bits per heavy atom. The third kappa shape index (κ3) is 4.36. The molecule has 144 valence electrons. The molecule has 1 aliphatic heterocycles. The predicted octanol–water partition coefficient (Wildman–Crippen LogP) is 2.18. The number of hydrogen-bond donors (Lipinski definition) is 2. The fourth-order valence-electron chi connectivity index (χ4n) is 3.44. The molecule has 1 atom stereocenters. The lowest BCUT2D eigenvalue weighted by atomic mass is 10.0. The number of piperazine rings is 1. The van der Waals surface area contributed by atoms with Crippen molar-refractivity contribution in [2.75, 3.05) is 18.4 Å². The summed E-state index contributed by atoms with van der Waals surface area (Å²) < 4.78 is 5.22. The van der Waals surface area contributed by atoms with Crippen molar-refractivity contribution < 1.29 is 14.1 Å². The van der Waals surface area contributed by atoms with E-state index in [9.17, 15) is 9.59 Å². The first-order valence-corrected chi connectivity index (χ1v) is 9.30. The van der Waals surface area contributed by atoms with Crippen LogP contribution in [0.2, 0.25) is 0 Å². The van der Waals surface area contributed by atoms with Crippen molar-refractivity contribution in [2.45, 2.75) is 46.2 Å². The van der Waals surface area contributed by atoms with Crippen molar-refractivity contribution in [2.24, 2.45) is 0 Å². The molecule has 2 aromatic rings. The standard InChI is InChI=1S/C20H26N4O3/c1-4-16-14(3)23-27-20(16)22-18(25)11-17-19(26)21-9-10-24(17)12-15-8-6-5-7-13(15)2/h5-8,17H,4,9-12H2,1-3H3,(H,21,26)(H,22,25). The molecule has 2 heterocycles. The van der Waals surface area contributed by atoms with E-state index >= 15 is 0 Å². The second kappa shape index (κ2) is 8.35. The number of nitrogens with zero attached hydrogens (tertiary/aromatic N) is 2. The van der Waals surface area contributed by atoms with Crippen molar-refractivity contribution in [3.05, 3.63) is 46.6 Å². The van der Waals surface area contributed by atoms with Crippen molar-refractivity contribution >= 4 is 17.7 Å². The maximum Gasteiger partial charge on any atom is 0.237 e. The molecule has 7 nitrogen and oxygen atoms in total. The normalized spacial score (nSPS) is 17.6. The van der Waals surface area contributed by atoms with Gasteiger partial charge >= 0.3 is 0 Å². The molecule has 1 unspecified atom stereocenters. The van der Waals surface area contributed by atoms with Crippen LogP contribution in [-0.4, -0.2) is 41.0 Å². The number of aryl methyl sites for hydroxylation is 2. The van der Waals surface area contributed by atoms with Crippen LogP contribution in [0.15, 0.2) is 28.8 Å². The molecule has 2 N–H and O–H groups in total. The van der Waals surface area contributed by atoms with Gasteiger partial charge in [0, 0.05) is 25.2 Å². The van der Waals surface area contributed by atoms with E-state index in [1.807, 2.05) is 26.0 Å². The summed E-state index contributed by atoms with van der Waals surface area (Å²) in [5.74, 6) is 0.00815. The molecule has 0 bridgehead atoms. The summed E-state index contributed by atoms with van der Waals surface area (Å²) in [5, 5.41) is 9.54. The van der Waals surface area contributed by atoms with Crippen molar-refractivity contribution in [1.29, 1.82) is 0 Å². The first-order valence-electron chi connectivity index (χ1n) is 9.30. The van der Waals surface area contributed by atoms with Crippen LogP contribution in [0.4, 0.5) is 5.88 Å². The lowest BCUT2D eigenvalue weighted by Crippen LogP contribution is -2.55. The number of benzene rings is 1. The number of aromatic nitrogens is 1. The van der Waals surface area contributed by atoms with E-state index in [2.05, 4.69) is 39.7 Å². The van der Waals surface area contributed by atoms with Gasteiger partial charge in [-0.05, 0) is 31.4 Å². The average Bonchev–Trinajstić information content (AvgIpc) is 2.99. The highest BCUT2D eigenvalue weighted by Gasteiger charge is 2.32. The highest BCUT2D eigenvalue weighted by Crippen LogP contribution is 2.21. The number of carbonyl (C=O) groups excluding carboxylic acids is 2. The Labute approximate surface area is 159 Å². The molecule has 2 amide bonds. The summed E-state index contributed by atoms with van der Waals surface area (Å²) in [6.07, 6.45) is 0.787. The van der Waals surface area contributed by atoms with Crippen LogP contribution >= 0.6 is 0 Å². The van der Waals surface area contributed by atoms with Gasteiger partial charge in [-0.1, -0.05) is 36.3 Å². The zero-order valence-electron chi connectivity index (χ0n) is 16.0. The molecule has 0 saturated carbocycles. The molecule has 1 aromatic carbocycles. The predicted molar refractivity (Wildman–Crippen MR) is 102 cm³/mol. The van der Waals surface area contributed by atoms with E-state index in [0.29, 0.717) is 31.9 Å². The van der Waals surface area contributed by atoms with Gasteiger partial charge < -0.3 is 9.84 Å². The van der Waals surface area contributed by atoms with Gasteiger partial charge in [-0.2, -0.15) is 0 Å². The number of anilines is 1. The highest BCUT2D eigenvalue weighted by atomic mass is 16.5. The Bertz CT molecular complexity index is 830. The molecule has 1 fully saturated rings. The summed E-state index contributed by atoms with van der Waals surface area (Å²) in [4.78, 5) is 27.1. The second-order valence-electron chi connectivity index (χ2n) is 6.89. The van der Waals surface area contributed by atoms with Gasteiger partial charge in [-0.25, -0.2) is 0 Å². The summed E-state index contributed by atoms with van der Waals surface area (Å²) in [5.41, 5.74) is 3.99. The van der Waals surface area contributed by atoms with E-state index in [4.69, 9.17) is 4.52 Å². The van der Waals surface area contributed by atoms with E-state index in [0.717, 1.165) is 16.8 Å². The fourth-order valence-corrected chi connectivity index (χ4v) is 3.44. The van der Waals surface area contributed by atoms with E-state index < -0.39 is 6.04 Å². The molecular weight excluding hydrogens is 344 g/mol. The van der Waals surface area contributed by atoms with Crippen molar-refractivity contribution in [3.63, 3.8) is 0 Å². The van der Waals surface area contributed by atoms with Crippen molar-refractivity contribution in [1.82, 2.24) is 15.4 Å². The smallest absolute Gasteiger partial charge is 0.237 e. The van der Waals surface area contributed by atoms with Gasteiger partial charge in [-0.3, -0.25) is 19.8 Å². The van der Waals surface area contributed by atoms with Gasteiger partial charge in [0.15, 0.2) is 0 Å². The maximum absolute atomic E-state index is 12.6. The number of nitrogens with one attached hydrogen (secondary N) is 2. The molecule has 0 radical (unpaired) electrons. The van der Waals surface area contributed by atoms with Gasteiger partial charge in [0.2, 0.25) is 17.7 Å². The Balaban J connectivity index is 1.70. The van der Waals surface area contributed by atoms with Gasteiger partial charge in [0.1, 0.15) is 0 Å². The minimum atomic E-state index is -0.507. The summed E-state index contributed by atoms with van der Waals surface area (Å²) >= 11 is 0. The Morgan fingerprint density at radius 3 is 2.89 bits per heavy atom. The van der Waals surface area contributed by atoms with Crippen molar-refractivity contribution in [3.8, 4) is 0 Å². The SMILES string of the molecule is CCc1c(C)noc1NC(=O)CC1C(=O)NCCN1Cc1ccccc1C. The molecule has 1 saturated heterocycles. The zero-order chi connectivity index (χ0) is 19.4. The number of rotatable bonds is 6. The number of hydrogen-bond acceptors (Lipinski definition) is 5. The fraction of sp³-hybridized carbons (Fsp3) is 0.450. The van der Waals surface area contributed by atoms with Crippen LogP contribution in [0.1, 0.15) is 35.7 Å². The lowest BCUT2D eigenvalue weighted by molar-refractivity contribution is -0.132. The minimum Gasteiger partial charge on any atom is -0.353 e. The van der Waals surface area contributed by atoms with E-state index in [1.165, 1.54) is 5.56 Å². The summed E-state index contributed by atoms with van der Waals surface area (Å²) in [6.45, 7) is 7.81. The van der Waals surface area contributed by atoms with Crippen LogP contribution in [0, 0.1) is 13.8 Å². The van der Waals surface area contributed by atoms with Gasteiger partial charge in [0.25, 0.3) is 0 Å². The molecule has 0 aliphatic carbocycles. The minimum absolute atomic E-state index is 0.0701. The van der Waals surface area contributed by atoms with Crippen LogP contribution in [-0.2, 0) is 22.6 Å². The quantitative estimate of drug-likeness (QED) is 0.814. The number of carbonyl (C=O) groups is 2. The third-order valence-corrected chi connectivity index (χ3v) is 5.05. The Morgan fingerprint density at radius 1 is 1.37 bits per heavy atom. The van der Waals surface area contributed by atoms with Crippen LogP contribution in [0.3, 0.4) is 0 Å². The highest BCUT2D eigenvalue weighted by molar-refractivity contribution is 5.95. The molecule has 0 spiro atoms. The maximum atomic E-state index is 12.6. The Kier molecular flexibility index (Phi) is 5.91. The monoisotopic (exact) mass is 370 g/mol. The van der Waals surface area contributed by atoms with Gasteiger partial charge in [-0.15, -0.1) is 0 Å². The lowest BCUT2D eigenvalue weighted by Gasteiger charge is -2.35. The molecule has 27 heavy (non-hydrogen) atoms. The molecule has 1 aliphatic rings. The second-order valence-corrected chi connectivity index (χ2v) is 6.89. The number of amides is 2. The molecular formula is C20H26N4O3. The first-order chi connectivity index (χ1) is 13.0. The summed E-state index contributed by atoms with van der Waals surface area (Å²) in [7, 11) is 0. The third-order valence-electron chi connectivity index (χ3n) is 5.05. The largest absolute Gasteiger partial charge is 0.353 e. The molecule has 1 aromatic heterocycles. The Hall–Kier alpha value is -2.67. The molecule has 3 rings (SSSR count).